The van der Waals surface area contributed by atoms with Gasteiger partial charge < -0.3 is 15.8 Å². The van der Waals surface area contributed by atoms with Crippen molar-refractivity contribution in [2.75, 3.05) is 11.9 Å². The van der Waals surface area contributed by atoms with E-state index in [1.54, 1.807) is 13.0 Å². The first-order chi connectivity index (χ1) is 15.4. The van der Waals surface area contributed by atoms with Crippen LogP contribution in [0.1, 0.15) is 43.2 Å². The van der Waals surface area contributed by atoms with E-state index < -0.39 is 23.2 Å². The lowest BCUT2D eigenvalue weighted by Crippen LogP contribution is -2.43. The number of nitrogens with zero attached hydrogens (tertiary/aromatic N) is 3. The number of rotatable bonds is 8. The van der Waals surface area contributed by atoms with Crippen molar-refractivity contribution in [3.05, 3.63) is 54.0 Å². The van der Waals surface area contributed by atoms with Crippen LogP contribution < -0.4 is 15.8 Å². The summed E-state index contributed by atoms with van der Waals surface area (Å²) in [6, 6.07) is 6.80. The molecule has 1 aromatic carbocycles. The number of hydrogen-bond donors (Lipinski definition) is 3. The molecule has 1 atom stereocenters. The van der Waals surface area contributed by atoms with Crippen LogP contribution in [0.25, 0.3) is 11.1 Å². The Labute approximate surface area is 188 Å². The highest BCUT2D eigenvalue weighted by molar-refractivity contribution is 6.02. The Hall–Kier alpha value is -3.47. The smallest absolute Gasteiger partial charge is 0.419 e. The van der Waals surface area contributed by atoms with Crippen LogP contribution in [0, 0.1) is 5.92 Å². The molecule has 33 heavy (non-hydrogen) atoms. The summed E-state index contributed by atoms with van der Waals surface area (Å²) in [4.78, 5) is 16.2. The van der Waals surface area contributed by atoms with Gasteiger partial charge in [0.1, 0.15) is 18.2 Å². The van der Waals surface area contributed by atoms with E-state index in [-0.39, 0.29) is 35.3 Å². The fourth-order valence-electron chi connectivity index (χ4n) is 3.46. The number of carbonyl (C=O) groups is 1. The van der Waals surface area contributed by atoms with Crippen LogP contribution in [0.3, 0.4) is 0 Å². The molecule has 0 radical (unpaired) electrons. The number of nitrogens with one attached hydrogen (secondary N) is 2. The molecule has 176 valence electrons. The third kappa shape index (κ3) is 6.51. The zero-order chi connectivity index (χ0) is 24.2. The molecule has 4 N–H and O–H groups in total. The van der Waals surface area contributed by atoms with Crippen LogP contribution in [0.4, 0.5) is 19.0 Å². The number of amides is 1. The van der Waals surface area contributed by atoms with Crippen molar-refractivity contribution in [1.29, 1.82) is 0 Å². The average Bonchev–Trinajstić information content (AvgIpc) is 3.26. The largest absolute Gasteiger partial charge is 0.491 e. The van der Waals surface area contributed by atoms with Gasteiger partial charge in [0.15, 0.2) is 5.69 Å². The highest BCUT2D eigenvalue weighted by atomic mass is 19.4. The molecule has 0 saturated heterocycles. The second kappa shape index (κ2) is 9.57. The quantitative estimate of drug-likeness (QED) is 0.460. The van der Waals surface area contributed by atoms with Crippen LogP contribution in [-0.4, -0.2) is 38.4 Å². The summed E-state index contributed by atoms with van der Waals surface area (Å²) in [6.45, 7) is 5.66. The average molecular weight is 462 g/mol. The molecular weight excluding hydrogens is 437 g/mol. The van der Waals surface area contributed by atoms with Crippen LogP contribution in [0.5, 0.6) is 5.75 Å². The number of aromatic amines is 1. The summed E-state index contributed by atoms with van der Waals surface area (Å²) >= 11 is 0. The molecule has 0 unspecified atom stereocenters. The number of alkyl halides is 3. The summed E-state index contributed by atoms with van der Waals surface area (Å²) in [6.07, 6.45) is -1.41. The minimum absolute atomic E-state index is 0.0485. The van der Waals surface area contributed by atoms with Crippen molar-refractivity contribution in [3.8, 4) is 16.9 Å². The highest BCUT2D eigenvalue weighted by Gasteiger charge is 2.35. The first kappa shape index (κ1) is 24.2. The number of ether oxygens (including phenoxy) is 1. The number of aromatic nitrogens is 4. The van der Waals surface area contributed by atoms with Gasteiger partial charge in [-0.3, -0.25) is 4.79 Å². The van der Waals surface area contributed by atoms with Gasteiger partial charge in [0, 0.05) is 11.7 Å². The van der Waals surface area contributed by atoms with Crippen LogP contribution in [-0.2, 0) is 6.18 Å². The zero-order valence-corrected chi connectivity index (χ0v) is 18.4. The summed E-state index contributed by atoms with van der Waals surface area (Å²) in [5, 5.41) is 12.1. The fourth-order valence-corrected chi connectivity index (χ4v) is 3.46. The Morgan fingerprint density at radius 1 is 1.21 bits per heavy atom. The topological polar surface area (TPSA) is 119 Å². The molecule has 1 amide bonds. The molecular formula is C22H25F3N6O2. The SMILES string of the molecule is CC(C)C[C@](C)(N)COc1ccc(-c2ccnc(NC(=O)c3cn[nH]n3)c2)cc1C(F)(F)F. The number of carbonyl (C=O) groups excluding carboxylic acids is 1. The lowest BCUT2D eigenvalue weighted by molar-refractivity contribution is -0.139. The molecule has 3 aromatic rings. The molecule has 0 aliphatic heterocycles. The molecule has 8 nitrogen and oxygen atoms in total. The van der Waals surface area contributed by atoms with Gasteiger partial charge in [-0.1, -0.05) is 19.9 Å². The highest BCUT2D eigenvalue weighted by Crippen LogP contribution is 2.39. The van der Waals surface area contributed by atoms with Crippen LogP contribution in [0.2, 0.25) is 0 Å². The molecule has 0 bridgehead atoms. The maximum Gasteiger partial charge on any atom is 0.419 e. The van der Waals surface area contributed by atoms with Crippen LogP contribution >= 0.6 is 0 Å². The van der Waals surface area contributed by atoms with Gasteiger partial charge in [-0.05, 0) is 54.7 Å². The minimum atomic E-state index is -4.63. The maximum atomic E-state index is 13.8. The summed E-state index contributed by atoms with van der Waals surface area (Å²) < 4.78 is 46.9. The van der Waals surface area contributed by atoms with Gasteiger partial charge in [0.2, 0.25) is 0 Å². The van der Waals surface area contributed by atoms with E-state index in [1.807, 2.05) is 13.8 Å². The Morgan fingerprint density at radius 3 is 2.58 bits per heavy atom. The number of H-pyrrole nitrogens is 1. The van der Waals surface area contributed by atoms with E-state index >= 15 is 0 Å². The lowest BCUT2D eigenvalue weighted by Gasteiger charge is -2.27. The number of halogens is 3. The van der Waals surface area contributed by atoms with Crippen molar-refractivity contribution in [1.82, 2.24) is 20.4 Å². The van der Waals surface area contributed by atoms with E-state index in [2.05, 4.69) is 25.7 Å². The maximum absolute atomic E-state index is 13.8. The van der Waals surface area contributed by atoms with E-state index in [1.165, 1.54) is 30.6 Å². The van der Waals surface area contributed by atoms with E-state index in [0.717, 1.165) is 6.07 Å². The number of benzene rings is 1. The number of nitrogens with two attached hydrogens (primary N) is 1. The summed E-state index contributed by atoms with van der Waals surface area (Å²) in [5.74, 6) is -0.416. The minimum Gasteiger partial charge on any atom is -0.491 e. The Balaban J connectivity index is 1.85. The first-order valence-electron chi connectivity index (χ1n) is 10.2. The molecule has 11 heteroatoms. The second-order valence-corrected chi connectivity index (χ2v) is 8.49. The Kier molecular flexibility index (Phi) is 7.01. The Morgan fingerprint density at radius 2 is 1.94 bits per heavy atom. The molecule has 0 spiro atoms. The molecule has 2 heterocycles. The number of anilines is 1. The standard InChI is InChI=1S/C22H25F3N6O2/c1-13(2)10-21(3,26)12-33-18-5-4-14(8-16(18)22(23,24)25)15-6-7-27-19(9-15)29-20(32)17-11-28-31-30-17/h4-9,11,13H,10,12,26H2,1-3H3,(H,27,29,32)(H,28,30,31)/t21-/m0/s1. The number of pyridine rings is 1. The van der Waals surface area contributed by atoms with Gasteiger partial charge in [0.05, 0.1) is 11.8 Å². The van der Waals surface area contributed by atoms with Crippen molar-refractivity contribution in [2.45, 2.75) is 38.9 Å². The summed E-state index contributed by atoms with van der Waals surface area (Å²) in [5.41, 5.74) is 5.27. The van der Waals surface area contributed by atoms with Gasteiger partial charge in [-0.25, -0.2) is 4.98 Å². The molecule has 3 rings (SSSR count). The third-order valence-corrected chi connectivity index (χ3v) is 4.70. The van der Waals surface area contributed by atoms with Gasteiger partial charge in [0.25, 0.3) is 5.91 Å². The van der Waals surface area contributed by atoms with Gasteiger partial charge in [-0.2, -0.15) is 28.6 Å². The van der Waals surface area contributed by atoms with E-state index in [4.69, 9.17) is 10.5 Å². The molecule has 0 aliphatic rings. The number of hydrogen-bond acceptors (Lipinski definition) is 6. The van der Waals surface area contributed by atoms with Gasteiger partial charge in [-0.15, -0.1) is 0 Å². The molecule has 0 saturated carbocycles. The van der Waals surface area contributed by atoms with Crippen molar-refractivity contribution < 1.29 is 22.7 Å². The Bertz CT molecular complexity index is 1100. The molecule has 0 fully saturated rings. The normalized spacial score (nSPS) is 13.6. The monoisotopic (exact) mass is 462 g/mol. The summed E-state index contributed by atoms with van der Waals surface area (Å²) in [7, 11) is 0. The van der Waals surface area contributed by atoms with Crippen LogP contribution in [0.15, 0.2) is 42.7 Å². The van der Waals surface area contributed by atoms with E-state index in [9.17, 15) is 18.0 Å². The second-order valence-electron chi connectivity index (χ2n) is 8.49. The fraction of sp³-hybridized carbons (Fsp3) is 0.364. The predicted molar refractivity (Wildman–Crippen MR) is 117 cm³/mol. The van der Waals surface area contributed by atoms with Crippen molar-refractivity contribution >= 4 is 11.7 Å². The van der Waals surface area contributed by atoms with Gasteiger partial charge >= 0.3 is 6.18 Å². The predicted octanol–water partition coefficient (Wildman–Crippen LogP) is 4.28. The lowest BCUT2D eigenvalue weighted by atomic mass is 9.93. The van der Waals surface area contributed by atoms with Crippen molar-refractivity contribution in [3.63, 3.8) is 0 Å². The van der Waals surface area contributed by atoms with Crippen molar-refractivity contribution in [2.24, 2.45) is 11.7 Å². The third-order valence-electron chi connectivity index (χ3n) is 4.70. The first-order valence-corrected chi connectivity index (χ1v) is 10.2. The molecule has 2 aromatic heterocycles. The molecule has 0 aliphatic carbocycles. The van der Waals surface area contributed by atoms with E-state index in [0.29, 0.717) is 12.0 Å². The zero-order valence-electron chi connectivity index (χ0n) is 18.4.